The van der Waals surface area contributed by atoms with Gasteiger partial charge in [-0.15, -0.1) is 11.3 Å². The van der Waals surface area contributed by atoms with Crippen LogP contribution in [0.1, 0.15) is 33.5 Å². The van der Waals surface area contributed by atoms with Gasteiger partial charge in [0.1, 0.15) is 21.3 Å². The first-order chi connectivity index (χ1) is 12.0. The summed E-state index contributed by atoms with van der Waals surface area (Å²) in [4.78, 5) is 32.8. The SMILES string of the molecule is CCOC(=O)c1sc2nc(Cc3ccccc3OC)[nH]c(=O)c2c1C. The first-order valence-electron chi connectivity index (χ1n) is 7.86. The van der Waals surface area contributed by atoms with E-state index in [-0.39, 0.29) is 12.2 Å². The van der Waals surface area contributed by atoms with Gasteiger partial charge in [-0.2, -0.15) is 0 Å². The van der Waals surface area contributed by atoms with Crippen LogP contribution >= 0.6 is 11.3 Å². The molecule has 0 radical (unpaired) electrons. The van der Waals surface area contributed by atoms with E-state index in [0.717, 1.165) is 11.3 Å². The molecule has 2 aromatic heterocycles. The molecule has 2 heterocycles. The molecule has 0 bridgehead atoms. The Morgan fingerprint density at radius 2 is 2.08 bits per heavy atom. The Hall–Kier alpha value is -2.67. The predicted molar refractivity (Wildman–Crippen MR) is 96.7 cm³/mol. The second-order valence-corrected chi connectivity index (χ2v) is 6.46. The molecule has 0 amide bonds. The second kappa shape index (κ2) is 7.06. The number of fused-ring (bicyclic) bond motifs is 1. The molecule has 0 saturated carbocycles. The lowest BCUT2D eigenvalue weighted by Crippen LogP contribution is -2.12. The Kier molecular flexibility index (Phi) is 4.85. The standard InChI is InChI=1S/C18H18N2O4S/c1-4-24-18(22)15-10(2)14-16(21)19-13(20-17(14)25-15)9-11-7-5-6-8-12(11)23-3/h5-8H,4,9H2,1-3H3,(H,19,20,21). The third kappa shape index (κ3) is 3.28. The number of rotatable bonds is 5. The van der Waals surface area contributed by atoms with E-state index >= 15 is 0 Å². The number of ether oxygens (including phenoxy) is 2. The van der Waals surface area contributed by atoms with Crippen molar-refractivity contribution < 1.29 is 14.3 Å². The normalized spacial score (nSPS) is 10.8. The molecule has 0 atom stereocenters. The van der Waals surface area contributed by atoms with Gasteiger partial charge in [-0.1, -0.05) is 18.2 Å². The van der Waals surface area contributed by atoms with Crippen molar-refractivity contribution in [3.63, 3.8) is 0 Å². The molecule has 0 aliphatic carbocycles. The summed E-state index contributed by atoms with van der Waals surface area (Å²) in [5.74, 6) is 0.840. The molecular weight excluding hydrogens is 340 g/mol. The molecule has 1 N–H and O–H groups in total. The second-order valence-electron chi connectivity index (χ2n) is 5.46. The molecule has 0 unspecified atom stereocenters. The summed E-state index contributed by atoms with van der Waals surface area (Å²) in [5.41, 5.74) is 1.28. The molecule has 0 aliphatic heterocycles. The highest BCUT2D eigenvalue weighted by Gasteiger charge is 2.20. The minimum atomic E-state index is -0.423. The highest BCUT2D eigenvalue weighted by Crippen LogP contribution is 2.28. The van der Waals surface area contributed by atoms with Gasteiger partial charge in [0.15, 0.2) is 0 Å². The van der Waals surface area contributed by atoms with Crippen LogP contribution in [0.15, 0.2) is 29.1 Å². The maximum absolute atomic E-state index is 12.5. The number of esters is 1. The number of nitrogens with zero attached hydrogens (tertiary/aromatic N) is 1. The van der Waals surface area contributed by atoms with Crippen molar-refractivity contribution in [3.8, 4) is 5.75 Å². The van der Waals surface area contributed by atoms with Crippen molar-refractivity contribution in [2.45, 2.75) is 20.3 Å². The fraction of sp³-hybridized carbons (Fsp3) is 0.278. The average Bonchev–Trinajstić information content (AvgIpc) is 2.93. The third-order valence-electron chi connectivity index (χ3n) is 3.86. The number of nitrogens with one attached hydrogen (secondary N) is 1. The number of aromatic nitrogens is 2. The number of thiophene rings is 1. The number of benzene rings is 1. The van der Waals surface area contributed by atoms with Gasteiger partial charge in [-0.25, -0.2) is 9.78 Å². The third-order valence-corrected chi connectivity index (χ3v) is 5.03. The summed E-state index contributed by atoms with van der Waals surface area (Å²) in [6.07, 6.45) is 0.431. The van der Waals surface area contributed by atoms with E-state index in [0.29, 0.717) is 32.9 Å². The summed E-state index contributed by atoms with van der Waals surface area (Å²) in [7, 11) is 1.60. The smallest absolute Gasteiger partial charge is 0.348 e. The van der Waals surface area contributed by atoms with Gasteiger partial charge < -0.3 is 14.5 Å². The number of carbonyl (C=O) groups excluding carboxylic acids is 1. The lowest BCUT2D eigenvalue weighted by molar-refractivity contribution is 0.0531. The van der Waals surface area contributed by atoms with Gasteiger partial charge in [0.2, 0.25) is 0 Å². The molecule has 130 valence electrons. The Morgan fingerprint density at radius 3 is 2.80 bits per heavy atom. The summed E-state index contributed by atoms with van der Waals surface area (Å²) < 4.78 is 10.4. The van der Waals surface area contributed by atoms with Crippen molar-refractivity contribution in [1.82, 2.24) is 9.97 Å². The number of aryl methyl sites for hydroxylation is 1. The van der Waals surface area contributed by atoms with E-state index in [1.165, 1.54) is 11.3 Å². The van der Waals surface area contributed by atoms with Crippen LogP contribution in [0, 0.1) is 6.92 Å². The first kappa shape index (κ1) is 17.2. The van der Waals surface area contributed by atoms with Crippen LogP contribution in [0.5, 0.6) is 5.75 Å². The topological polar surface area (TPSA) is 81.3 Å². The molecule has 0 aliphatic rings. The fourth-order valence-electron chi connectivity index (χ4n) is 2.69. The van der Waals surface area contributed by atoms with Gasteiger partial charge >= 0.3 is 5.97 Å². The number of hydrogen-bond donors (Lipinski definition) is 1. The van der Waals surface area contributed by atoms with Crippen molar-refractivity contribution in [1.29, 1.82) is 0 Å². The number of methoxy groups -OCH3 is 1. The van der Waals surface area contributed by atoms with Gasteiger partial charge in [-0.05, 0) is 25.5 Å². The highest BCUT2D eigenvalue weighted by atomic mass is 32.1. The fourth-order valence-corrected chi connectivity index (χ4v) is 3.79. The van der Waals surface area contributed by atoms with E-state index in [9.17, 15) is 9.59 Å². The van der Waals surface area contributed by atoms with E-state index in [1.807, 2.05) is 24.3 Å². The Balaban J connectivity index is 2.05. The molecule has 3 rings (SSSR count). The predicted octanol–water partition coefficient (Wildman–Crippen LogP) is 3.07. The number of carbonyl (C=O) groups is 1. The monoisotopic (exact) mass is 358 g/mol. The molecule has 0 saturated heterocycles. The van der Waals surface area contributed by atoms with Crippen molar-refractivity contribution in [2.24, 2.45) is 0 Å². The van der Waals surface area contributed by atoms with E-state index < -0.39 is 5.97 Å². The number of H-pyrrole nitrogens is 1. The zero-order chi connectivity index (χ0) is 18.0. The molecule has 25 heavy (non-hydrogen) atoms. The molecular formula is C18H18N2O4S. The number of para-hydroxylation sites is 1. The maximum Gasteiger partial charge on any atom is 0.348 e. The first-order valence-corrected chi connectivity index (χ1v) is 8.68. The van der Waals surface area contributed by atoms with Gasteiger partial charge in [0, 0.05) is 12.0 Å². The molecule has 7 heteroatoms. The number of aromatic amines is 1. The van der Waals surface area contributed by atoms with E-state index in [4.69, 9.17) is 9.47 Å². The highest BCUT2D eigenvalue weighted by molar-refractivity contribution is 7.20. The summed E-state index contributed by atoms with van der Waals surface area (Å²) in [6, 6.07) is 7.57. The zero-order valence-corrected chi connectivity index (χ0v) is 15.0. The minimum absolute atomic E-state index is 0.251. The van der Waals surface area contributed by atoms with Crippen LogP contribution in [0.25, 0.3) is 10.2 Å². The Bertz CT molecular complexity index is 990. The van der Waals surface area contributed by atoms with Crippen LogP contribution in [0.3, 0.4) is 0 Å². The van der Waals surface area contributed by atoms with Crippen LogP contribution in [0.4, 0.5) is 0 Å². The minimum Gasteiger partial charge on any atom is -0.496 e. The largest absolute Gasteiger partial charge is 0.496 e. The number of hydrogen-bond acceptors (Lipinski definition) is 6. The van der Waals surface area contributed by atoms with Crippen LogP contribution in [-0.2, 0) is 11.2 Å². The average molecular weight is 358 g/mol. The van der Waals surface area contributed by atoms with Gasteiger partial charge in [0.05, 0.1) is 19.1 Å². The van der Waals surface area contributed by atoms with Crippen molar-refractivity contribution in [3.05, 3.63) is 56.4 Å². The molecule has 1 aromatic carbocycles. The van der Waals surface area contributed by atoms with Crippen LogP contribution in [-0.4, -0.2) is 29.7 Å². The Labute approximate surface area is 148 Å². The van der Waals surface area contributed by atoms with Gasteiger partial charge in [-0.3, -0.25) is 4.79 Å². The summed E-state index contributed by atoms with van der Waals surface area (Å²) >= 11 is 1.18. The van der Waals surface area contributed by atoms with Crippen LogP contribution < -0.4 is 10.3 Å². The lowest BCUT2D eigenvalue weighted by atomic mass is 10.1. The van der Waals surface area contributed by atoms with E-state index in [2.05, 4.69) is 9.97 Å². The Morgan fingerprint density at radius 1 is 1.32 bits per heavy atom. The molecule has 0 spiro atoms. The zero-order valence-electron chi connectivity index (χ0n) is 14.2. The molecule has 0 fully saturated rings. The summed E-state index contributed by atoms with van der Waals surface area (Å²) in [5, 5.41) is 0.442. The maximum atomic E-state index is 12.5. The van der Waals surface area contributed by atoms with Crippen LogP contribution in [0.2, 0.25) is 0 Å². The van der Waals surface area contributed by atoms with Crippen molar-refractivity contribution >= 4 is 27.5 Å². The molecule has 3 aromatic rings. The van der Waals surface area contributed by atoms with Crippen molar-refractivity contribution in [2.75, 3.05) is 13.7 Å². The van der Waals surface area contributed by atoms with E-state index in [1.54, 1.807) is 21.0 Å². The summed E-state index contributed by atoms with van der Waals surface area (Å²) in [6.45, 7) is 3.77. The quantitative estimate of drug-likeness (QED) is 0.709. The lowest BCUT2D eigenvalue weighted by Gasteiger charge is -2.07. The van der Waals surface area contributed by atoms with Gasteiger partial charge in [0.25, 0.3) is 5.56 Å². The molecule has 6 nitrogen and oxygen atoms in total.